The van der Waals surface area contributed by atoms with E-state index in [0.29, 0.717) is 43.2 Å². The van der Waals surface area contributed by atoms with E-state index in [9.17, 15) is 14.7 Å². The van der Waals surface area contributed by atoms with Gasteiger partial charge in [-0.25, -0.2) is 4.79 Å². The first-order valence-electron chi connectivity index (χ1n) is 11.1. The Morgan fingerprint density at radius 1 is 0.865 bits per heavy atom. The summed E-state index contributed by atoms with van der Waals surface area (Å²) < 4.78 is 12.9. The lowest BCUT2D eigenvalue weighted by Crippen LogP contribution is -2.17. The molecule has 0 aliphatic carbocycles. The van der Waals surface area contributed by atoms with Crippen LogP contribution in [0.1, 0.15) is 23.1 Å². The van der Waals surface area contributed by atoms with Crippen LogP contribution in [-0.2, 0) is 34.0 Å². The first-order valence-corrected chi connectivity index (χ1v) is 12.6. The summed E-state index contributed by atoms with van der Waals surface area (Å²) in [5.74, 6) is -1.03. The van der Waals surface area contributed by atoms with E-state index < -0.39 is 11.9 Å². The average molecular weight is 590 g/mol. The molecule has 12 heteroatoms. The zero-order chi connectivity index (χ0) is 27.3. The van der Waals surface area contributed by atoms with E-state index in [2.05, 4.69) is 4.74 Å². The molecule has 2 N–H and O–H groups in total. The van der Waals surface area contributed by atoms with Crippen molar-refractivity contribution in [2.24, 2.45) is 0 Å². The molecule has 0 spiro atoms. The lowest BCUT2D eigenvalue weighted by Gasteiger charge is -2.09. The summed E-state index contributed by atoms with van der Waals surface area (Å²) in [4.78, 5) is 23.6. The number of ether oxygens (including phenoxy) is 2. The van der Waals surface area contributed by atoms with Gasteiger partial charge in [0.1, 0.15) is 12.2 Å². The maximum Gasteiger partial charge on any atom is 0.354 e. The van der Waals surface area contributed by atoms with Crippen molar-refractivity contribution in [3.05, 3.63) is 67.9 Å². The largest absolute Gasteiger partial charge is 0.468 e. The summed E-state index contributed by atoms with van der Waals surface area (Å²) in [6.07, 6.45) is 0. The second kappa shape index (κ2) is 12.9. The van der Waals surface area contributed by atoms with Crippen molar-refractivity contribution in [2.45, 2.75) is 26.6 Å². The Hall–Kier alpha value is -2.46. The van der Waals surface area contributed by atoms with Crippen LogP contribution in [0, 0.1) is 0 Å². The molecule has 0 aliphatic heterocycles. The number of methoxy groups -OCH3 is 1. The molecule has 37 heavy (non-hydrogen) atoms. The average Bonchev–Trinajstić information content (AvgIpc) is 3.39. The van der Waals surface area contributed by atoms with Crippen LogP contribution < -0.4 is 0 Å². The smallest absolute Gasteiger partial charge is 0.354 e. The minimum absolute atomic E-state index is 0.000905. The second-order valence-corrected chi connectivity index (χ2v) is 9.41. The zero-order valence-electron chi connectivity index (χ0n) is 19.9. The number of aromatic nitrogens is 2. The number of aliphatic hydroxyl groups excluding tert-OH is 2. The standard InChI is InChI=1S/C14H13Cl2NO4.C11H11Cl2NO2/c1-3-21-14(19)12-6-9-10(16)4-8(15)5-11(9)17(12)7-13(18)20-2;12-7-3-10(13)9-5-8(6-16)14(1-2-15)11(9)4-7/h4-6H,3,7H2,1-2H3;3-5,15-16H,1-2,6H2. The first-order chi connectivity index (χ1) is 17.6. The van der Waals surface area contributed by atoms with Gasteiger partial charge in [0.05, 0.1) is 48.0 Å². The molecule has 0 atom stereocenters. The molecule has 0 amide bonds. The number of hydrogen-bond donors (Lipinski definition) is 2. The molecule has 2 heterocycles. The molecule has 4 rings (SSSR count). The van der Waals surface area contributed by atoms with Crippen LogP contribution in [0.4, 0.5) is 0 Å². The molecule has 0 fully saturated rings. The lowest BCUT2D eigenvalue weighted by molar-refractivity contribution is -0.141. The summed E-state index contributed by atoms with van der Waals surface area (Å²) in [5, 5.41) is 21.6. The fourth-order valence-electron chi connectivity index (χ4n) is 3.85. The fraction of sp³-hybridized carbons (Fsp3) is 0.280. The third kappa shape index (κ3) is 6.52. The molecule has 0 aliphatic rings. The number of esters is 2. The Kier molecular flexibility index (Phi) is 10.1. The van der Waals surface area contributed by atoms with Crippen molar-refractivity contribution in [3.8, 4) is 0 Å². The van der Waals surface area contributed by atoms with Gasteiger partial charge in [0, 0.05) is 33.1 Å². The van der Waals surface area contributed by atoms with Gasteiger partial charge in [-0.05, 0) is 43.3 Å². The topological polar surface area (TPSA) is 103 Å². The highest BCUT2D eigenvalue weighted by Crippen LogP contribution is 2.32. The fourth-order valence-corrected chi connectivity index (χ4v) is 4.93. The van der Waals surface area contributed by atoms with E-state index in [1.54, 1.807) is 37.3 Å². The van der Waals surface area contributed by atoms with Crippen LogP contribution in [-0.4, -0.2) is 51.6 Å². The quantitative estimate of drug-likeness (QED) is 0.267. The van der Waals surface area contributed by atoms with Gasteiger partial charge >= 0.3 is 11.9 Å². The van der Waals surface area contributed by atoms with Gasteiger partial charge in [-0.3, -0.25) is 4.79 Å². The number of rotatable bonds is 7. The maximum atomic E-state index is 12.0. The van der Waals surface area contributed by atoms with E-state index in [-0.39, 0.29) is 32.1 Å². The van der Waals surface area contributed by atoms with Crippen molar-refractivity contribution < 1.29 is 29.3 Å². The molecule has 0 saturated carbocycles. The van der Waals surface area contributed by atoms with Gasteiger partial charge in [-0.2, -0.15) is 0 Å². The molecule has 198 valence electrons. The van der Waals surface area contributed by atoms with E-state index in [0.717, 1.165) is 10.9 Å². The minimum Gasteiger partial charge on any atom is -0.468 e. The molecule has 2 aromatic carbocycles. The van der Waals surface area contributed by atoms with Gasteiger partial charge < -0.3 is 28.8 Å². The lowest BCUT2D eigenvalue weighted by atomic mass is 10.2. The number of benzene rings is 2. The van der Waals surface area contributed by atoms with Crippen LogP contribution in [0.15, 0.2) is 36.4 Å². The summed E-state index contributed by atoms with van der Waals surface area (Å²) in [6, 6.07) is 10.0. The Balaban J connectivity index is 0.000000213. The highest BCUT2D eigenvalue weighted by atomic mass is 35.5. The number of nitrogens with zero attached hydrogens (tertiary/aromatic N) is 2. The predicted octanol–water partition coefficient (Wildman–Crippen LogP) is 5.73. The molecule has 2 aromatic heterocycles. The Morgan fingerprint density at radius 2 is 1.43 bits per heavy atom. The first kappa shape index (κ1) is 29.1. The van der Waals surface area contributed by atoms with Crippen molar-refractivity contribution in [2.75, 3.05) is 20.3 Å². The van der Waals surface area contributed by atoms with E-state index in [1.165, 1.54) is 11.7 Å². The highest BCUT2D eigenvalue weighted by molar-refractivity contribution is 6.39. The van der Waals surface area contributed by atoms with Crippen molar-refractivity contribution in [1.29, 1.82) is 0 Å². The molecule has 8 nitrogen and oxygen atoms in total. The molecule has 0 saturated heterocycles. The van der Waals surface area contributed by atoms with Gasteiger partial charge in [0.2, 0.25) is 0 Å². The molecular formula is C25H24Cl4N2O6. The number of carbonyl (C=O) groups is 2. The third-order valence-corrected chi connectivity index (χ3v) is 6.50. The Bertz CT molecular complexity index is 1450. The predicted molar refractivity (Wildman–Crippen MR) is 145 cm³/mol. The van der Waals surface area contributed by atoms with E-state index in [1.807, 2.05) is 10.6 Å². The number of aliphatic hydroxyl groups is 2. The van der Waals surface area contributed by atoms with Crippen LogP contribution in [0.5, 0.6) is 0 Å². The summed E-state index contributed by atoms with van der Waals surface area (Å²) >= 11 is 24.1. The summed E-state index contributed by atoms with van der Waals surface area (Å²) in [5.41, 5.74) is 2.34. The SMILES string of the molecule is CCOC(=O)c1cc2c(Cl)cc(Cl)cc2n1CC(=O)OC.OCCn1c(CO)cc2c(Cl)cc(Cl)cc21. The van der Waals surface area contributed by atoms with Crippen LogP contribution in [0.3, 0.4) is 0 Å². The highest BCUT2D eigenvalue weighted by Gasteiger charge is 2.20. The monoisotopic (exact) mass is 588 g/mol. The Labute approximate surface area is 232 Å². The molecular weight excluding hydrogens is 566 g/mol. The molecule has 0 unspecified atom stereocenters. The third-order valence-electron chi connectivity index (χ3n) is 5.44. The van der Waals surface area contributed by atoms with Gasteiger partial charge in [-0.1, -0.05) is 46.4 Å². The van der Waals surface area contributed by atoms with Crippen LogP contribution in [0.2, 0.25) is 20.1 Å². The summed E-state index contributed by atoms with van der Waals surface area (Å²) in [7, 11) is 1.28. The van der Waals surface area contributed by atoms with Crippen LogP contribution in [0.25, 0.3) is 21.8 Å². The molecule has 4 aromatic rings. The van der Waals surface area contributed by atoms with Crippen molar-refractivity contribution >= 4 is 80.1 Å². The maximum absolute atomic E-state index is 12.0. The number of carbonyl (C=O) groups excluding carboxylic acids is 2. The number of halogens is 4. The normalized spacial score (nSPS) is 10.9. The van der Waals surface area contributed by atoms with Gasteiger partial charge in [-0.15, -0.1) is 0 Å². The van der Waals surface area contributed by atoms with E-state index in [4.69, 9.17) is 56.2 Å². The second-order valence-electron chi connectivity index (χ2n) is 7.72. The number of hydrogen-bond acceptors (Lipinski definition) is 6. The Morgan fingerprint density at radius 3 is 1.95 bits per heavy atom. The molecule has 0 radical (unpaired) electrons. The van der Waals surface area contributed by atoms with Crippen molar-refractivity contribution in [3.63, 3.8) is 0 Å². The van der Waals surface area contributed by atoms with Gasteiger partial charge in [0.15, 0.2) is 0 Å². The van der Waals surface area contributed by atoms with Crippen molar-refractivity contribution in [1.82, 2.24) is 9.13 Å². The molecule has 0 bridgehead atoms. The van der Waals surface area contributed by atoms with E-state index >= 15 is 0 Å². The van der Waals surface area contributed by atoms with Gasteiger partial charge in [0.25, 0.3) is 0 Å². The minimum atomic E-state index is -0.537. The summed E-state index contributed by atoms with van der Waals surface area (Å²) in [6.45, 7) is 2.12. The number of fused-ring (bicyclic) bond motifs is 2. The van der Waals surface area contributed by atoms with Crippen LogP contribution >= 0.6 is 46.4 Å². The zero-order valence-corrected chi connectivity index (χ0v) is 23.0.